The van der Waals surface area contributed by atoms with E-state index in [-0.39, 0.29) is 11.5 Å². The van der Waals surface area contributed by atoms with Crippen LogP contribution in [0, 0.1) is 5.41 Å². The van der Waals surface area contributed by atoms with Gasteiger partial charge in [-0.1, -0.05) is 11.6 Å². The third-order valence-corrected chi connectivity index (χ3v) is 5.49. The minimum atomic E-state index is -0.223. The second-order valence-corrected chi connectivity index (χ2v) is 7.23. The number of amides is 1. The van der Waals surface area contributed by atoms with Crippen LogP contribution in [0.4, 0.5) is 0 Å². The highest BCUT2D eigenvalue weighted by Crippen LogP contribution is 2.41. The molecule has 2 aliphatic heterocycles. The molecule has 3 rings (SSSR count). The Bertz CT molecular complexity index is 554. The van der Waals surface area contributed by atoms with Crippen molar-refractivity contribution in [1.29, 1.82) is 0 Å². The first-order chi connectivity index (χ1) is 11.0. The van der Waals surface area contributed by atoms with Crippen molar-refractivity contribution in [3.63, 3.8) is 0 Å². The van der Waals surface area contributed by atoms with Gasteiger partial charge in [0.2, 0.25) is 5.91 Å². The highest BCUT2D eigenvalue weighted by molar-refractivity contribution is 6.30. The molecule has 0 N–H and O–H groups in total. The molecule has 0 aromatic carbocycles. The van der Waals surface area contributed by atoms with Crippen molar-refractivity contribution in [3.05, 3.63) is 17.4 Å². The fourth-order valence-corrected chi connectivity index (χ4v) is 4.02. The van der Waals surface area contributed by atoms with Crippen LogP contribution in [-0.2, 0) is 16.1 Å². The number of hydrogen-bond acceptors (Lipinski definition) is 4. The number of carbonyl (C=O) groups excluding carboxylic acids is 1. The standard InChI is InChI=1S/C16H25ClN4O2/c1-19-12-14(23-2)9-16(15(19)22)3-5-20(6-4-16)7-8-21-11-13(17)10-18-21/h10-11,14H,3-9,12H2,1-2H3. The zero-order valence-electron chi connectivity index (χ0n) is 13.9. The van der Waals surface area contributed by atoms with Crippen LogP contribution in [-0.4, -0.2) is 71.9 Å². The third kappa shape index (κ3) is 3.54. The molecule has 3 heterocycles. The van der Waals surface area contributed by atoms with E-state index >= 15 is 0 Å². The van der Waals surface area contributed by atoms with Gasteiger partial charge >= 0.3 is 0 Å². The van der Waals surface area contributed by atoms with E-state index in [1.165, 1.54) is 0 Å². The molecule has 2 aliphatic rings. The Labute approximate surface area is 142 Å². The van der Waals surface area contributed by atoms with Crippen LogP contribution >= 0.6 is 11.6 Å². The number of nitrogens with zero attached hydrogens (tertiary/aromatic N) is 4. The van der Waals surface area contributed by atoms with Gasteiger partial charge in [-0.05, 0) is 32.4 Å². The molecule has 2 saturated heterocycles. The Morgan fingerprint density at radius 2 is 2.13 bits per heavy atom. The van der Waals surface area contributed by atoms with E-state index in [4.69, 9.17) is 16.3 Å². The number of halogens is 1. The first kappa shape index (κ1) is 16.7. The number of rotatable bonds is 4. The summed E-state index contributed by atoms with van der Waals surface area (Å²) in [5.74, 6) is 0.296. The molecule has 1 spiro atoms. The van der Waals surface area contributed by atoms with Gasteiger partial charge in [-0.2, -0.15) is 5.10 Å². The van der Waals surface area contributed by atoms with Crippen molar-refractivity contribution >= 4 is 17.5 Å². The molecule has 0 aliphatic carbocycles. The van der Waals surface area contributed by atoms with Crippen molar-refractivity contribution in [2.75, 3.05) is 40.3 Å². The van der Waals surface area contributed by atoms with Gasteiger partial charge < -0.3 is 14.5 Å². The van der Waals surface area contributed by atoms with E-state index in [1.54, 1.807) is 13.3 Å². The number of carbonyl (C=O) groups is 1. The Kier molecular flexibility index (Phi) is 4.94. The molecule has 0 bridgehead atoms. The van der Waals surface area contributed by atoms with Crippen LogP contribution in [0.15, 0.2) is 12.4 Å². The summed E-state index contributed by atoms with van der Waals surface area (Å²) in [6.07, 6.45) is 6.35. The minimum absolute atomic E-state index is 0.162. The summed E-state index contributed by atoms with van der Waals surface area (Å²) < 4.78 is 7.41. The van der Waals surface area contributed by atoms with Gasteiger partial charge in [-0.3, -0.25) is 9.48 Å². The highest BCUT2D eigenvalue weighted by atomic mass is 35.5. The Morgan fingerprint density at radius 1 is 1.39 bits per heavy atom. The van der Waals surface area contributed by atoms with E-state index in [2.05, 4.69) is 10.00 Å². The molecule has 0 saturated carbocycles. The first-order valence-electron chi connectivity index (χ1n) is 8.21. The fraction of sp³-hybridized carbons (Fsp3) is 0.750. The Hall–Kier alpha value is -1.11. The summed E-state index contributed by atoms with van der Waals surface area (Å²) in [7, 11) is 3.63. The number of aromatic nitrogens is 2. The number of hydrogen-bond donors (Lipinski definition) is 0. The summed E-state index contributed by atoms with van der Waals surface area (Å²) in [6.45, 7) is 4.37. The maximum atomic E-state index is 12.7. The predicted octanol–water partition coefficient (Wildman–Crippen LogP) is 1.50. The van der Waals surface area contributed by atoms with Crippen LogP contribution in [0.5, 0.6) is 0 Å². The molecule has 1 unspecified atom stereocenters. The molecule has 1 aromatic rings. The van der Waals surface area contributed by atoms with Gasteiger partial charge in [0.15, 0.2) is 0 Å². The largest absolute Gasteiger partial charge is 0.380 e. The lowest BCUT2D eigenvalue weighted by Crippen LogP contribution is -2.56. The third-order valence-electron chi connectivity index (χ3n) is 5.29. The number of methoxy groups -OCH3 is 1. The van der Waals surface area contributed by atoms with Gasteiger partial charge in [-0.15, -0.1) is 0 Å². The van der Waals surface area contributed by atoms with Crippen LogP contribution in [0.3, 0.4) is 0 Å². The summed E-state index contributed by atoms with van der Waals surface area (Å²) in [6, 6.07) is 0. The Balaban J connectivity index is 1.55. The molecule has 7 heteroatoms. The monoisotopic (exact) mass is 340 g/mol. The van der Waals surface area contributed by atoms with E-state index in [0.717, 1.165) is 45.4 Å². The van der Waals surface area contributed by atoms with E-state index < -0.39 is 0 Å². The van der Waals surface area contributed by atoms with Crippen LogP contribution < -0.4 is 0 Å². The van der Waals surface area contributed by atoms with Crippen molar-refractivity contribution in [2.24, 2.45) is 5.41 Å². The van der Waals surface area contributed by atoms with Crippen molar-refractivity contribution in [1.82, 2.24) is 19.6 Å². The van der Waals surface area contributed by atoms with Gasteiger partial charge in [-0.25, -0.2) is 0 Å². The predicted molar refractivity (Wildman–Crippen MR) is 88.4 cm³/mol. The smallest absolute Gasteiger partial charge is 0.228 e. The summed E-state index contributed by atoms with van der Waals surface area (Å²) in [5, 5.41) is 4.88. The molecule has 1 amide bonds. The molecule has 1 aromatic heterocycles. The Morgan fingerprint density at radius 3 is 2.74 bits per heavy atom. The van der Waals surface area contributed by atoms with Crippen molar-refractivity contribution in [3.8, 4) is 0 Å². The molecule has 2 fully saturated rings. The molecule has 6 nitrogen and oxygen atoms in total. The normalized spacial score (nSPS) is 25.3. The lowest BCUT2D eigenvalue weighted by molar-refractivity contribution is -0.155. The van der Waals surface area contributed by atoms with E-state index in [0.29, 0.717) is 17.5 Å². The van der Waals surface area contributed by atoms with Crippen LogP contribution in [0.2, 0.25) is 5.02 Å². The van der Waals surface area contributed by atoms with Crippen LogP contribution in [0.25, 0.3) is 0 Å². The number of ether oxygens (including phenoxy) is 1. The first-order valence-corrected chi connectivity index (χ1v) is 8.59. The maximum absolute atomic E-state index is 12.7. The second-order valence-electron chi connectivity index (χ2n) is 6.79. The number of piperidine rings is 2. The topological polar surface area (TPSA) is 50.6 Å². The van der Waals surface area contributed by atoms with Gasteiger partial charge in [0.25, 0.3) is 0 Å². The molecule has 23 heavy (non-hydrogen) atoms. The van der Waals surface area contributed by atoms with Gasteiger partial charge in [0.1, 0.15) is 0 Å². The van der Waals surface area contributed by atoms with E-state index in [1.807, 2.05) is 22.8 Å². The number of likely N-dealkylation sites (N-methyl/N-ethyl adjacent to an activating group) is 1. The highest BCUT2D eigenvalue weighted by Gasteiger charge is 2.47. The molecule has 0 radical (unpaired) electrons. The molecule has 1 atom stereocenters. The SMILES string of the molecule is COC1CN(C)C(=O)C2(CCN(CCn3cc(Cl)cn3)CC2)C1. The molecular formula is C16H25ClN4O2. The number of likely N-dealkylation sites (tertiary alicyclic amines) is 2. The summed E-state index contributed by atoms with van der Waals surface area (Å²) in [4.78, 5) is 16.9. The fourth-order valence-electron chi connectivity index (χ4n) is 3.87. The molecule has 128 valence electrons. The second kappa shape index (κ2) is 6.79. The molecular weight excluding hydrogens is 316 g/mol. The summed E-state index contributed by atoms with van der Waals surface area (Å²) in [5.41, 5.74) is -0.223. The summed E-state index contributed by atoms with van der Waals surface area (Å²) >= 11 is 5.89. The zero-order chi connectivity index (χ0) is 16.4. The quantitative estimate of drug-likeness (QED) is 0.833. The van der Waals surface area contributed by atoms with Gasteiger partial charge in [0.05, 0.1) is 29.3 Å². The zero-order valence-corrected chi connectivity index (χ0v) is 14.6. The lowest BCUT2D eigenvalue weighted by atomic mass is 9.71. The van der Waals surface area contributed by atoms with Crippen molar-refractivity contribution in [2.45, 2.75) is 31.9 Å². The van der Waals surface area contributed by atoms with E-state index in [9.17, 15) is 4.79 Å². The maximum Gasteiger partial charge on any atom is 0.228 e. The minimum Gasteiger partial charge on any atom is -0.380 e. The van der Waals surface area contributed by atoms with Crippen molar-refractivity contribution < 1.29 is 9.53 Å². The van der Waals surface area contributed by atoms with Gasteiger partial charge in [0, 0.05) is 33.4 Å². The average molecular weight is 341 g/mol. The average Bonchev–Trinajstić information content (AvgIpc) is 2.97. The van der Waals surface area contributed by atoms with Crippen LogP contribution in [0.1, 0.15) is 19.3 Å². The lowest BCUT2D eigenvalue weighted by Gasteiger charge is -2.47.